The lowest BCUT2D eigenvalue weighted by Gasteiger charge is -2.06. The quantitative estimate of drug-likeness (QED) is 0.821. The van der Waals surface area contributed by atoms with Crippen molar-refractivity contribution in [3.63, 3.8) is 0 Å². The summed E-state index contributed by atoms with van der Waals surface area (Å²) in [5.74, 6) is 0.310. The summed E-state index contributed by atoms with van der Waals surface area (Å²) < 4.78 is 25.4. The van der Waals surface area contributed by atoms with E-state index in [2.05, 4.69) is 4.72 Å². The van der Waals surface area contributed by atoms with E-state index in [-0.39, 0.29) is 5.75 Å². The van der Waals surface area contributed by atoms with Crippen molar-refractivity contribution in [3.8, 4) is 6.07 Å². The standard InChI is InChI=1S/C10H11ClN2O2S/c11-6-1-7-16(14,15)13-10-4-2-9(8-12)3-5-10/h2-5,13H,1,6-7H2. The number of anilines is 1. The van der Waals surface area contributed by atoms with E-state index in [1.807, 2.05) is 6.07 Å². The summed E-state index contributed by atoms with van der Waals surface area (Å²) in [4.78, 5) is 0. The van der Waals surface area contributed by atoms with E-state index in [4.69, 9.17) is 16.9 Å². The number of alkyl halides is 1. The van der Waals surface area contributed by atoms with E-state index in [1.165, 1.54) is 0 Å². The van der Waals surface area contributed by atoms with Crippen molar-refractivity contribution < 1.29 is 8.42 Å². The minimum atomic E-state index is -3.33. The molecule has 1 aromatic carbocycles. The van der Waals surface area contributed by atoms with Crippen molar-refractivity contribution in [2.45, 2.75) is 6.42 Å². The highest BCUT2D eigenvalue weighted by Crippen LogP contribution is 2.11. The maximum Gasteiger partial charge on any atom is 0.232 e. The Bertz CT molecular complexity index is 477. The molecule has 0 fully saturated rings. The average molecular weight is 259 g/mol. The molecule has 0 radical (unpaired) electrons. The van der Waals surface area contributed by atoms with Gasteiger partial charge in [-0.1, -0.05) is 0 Å². The van der Waals surface area contributed by atoms with Gasteiger partial charge < -0.3 is 0 Å². The molecule has 6 heteroatoms. The third-order valence-electron chi connectivity index (χ3n) is 1.83. The second kappa shape index (κ2) is 5.73. The van der Waals surface area contributed by atoms with E-state index in [9.17, 15) is 8.42 Å². The molecule has 1 aromatic rings. The maximum atomic E-state index is 11.5. The molecule has 0 saturated heterocycles. The van der Waals surface area contributed by atoms with Gasteiger partial charge in [-0.05, 0) is 30.7 Å². The van der Waals surface area contributed by atoms with Crippen LogP contribution in [-0.4, -0.2) is 20.1 Å². The molecule has 0 unspecified atom stereocenters. The summed E-state index contributed by atoms with van der Waals surface area (Å²) in [6.45, 7) is 0. The lowest BCUT2D eigenvalue weighted by molar-refractivity contribution is 0.600. The highest BCUT2D eigenvalue weighted by Gasteiger charge is 2.09. The Labute approximate surface area is 99.9 Å². The second-order valence-electron chi connectivity index (χ2n) is 3.15. The molecule has 0 heterocycles. The minimum Gasteiger partial charge on any atom is -0.284 e. The monoisotopic (exact) mass is 258 g/mol. The molecule has 0 aliphatic heterocycles. The van der Waals surface area contributed by atoms with Crippen molar-refractivity contribution >= 4 is 27.3 Å². The van der Waals surface area contributed by atoms with E-state index >= 15 is 0 Å². The first kappa shape index (κ1) is 12.8. The summed E-state index contributed by atoms with van der Waals surface area (Å²) in [6, 6.07) is 8.17. The van der Waals surface area contributed by atoms with Gasteiger partial charge in [-0.25, -0.2) is 8.42 Å². The molecule has 0 aliphatic carbocycles. The molecule has 0 amide bonds. The number of hydrogen-bond donors (Lipinski definition) is 1. The number of nitriles is 1. The first-order chi connectivity index (χ1) is 7.57. The number of benzene rings is 1. The fourth-order valence-electron chi connectivity index (χ4n) is 1.09. The van der Waals surface area contributed by atoms with Crippen molar-refractivity contribution in [1.82, 2.24) is 0 Å². The zero-order chi connectivity index (χ0) is 12.0. The summed E-state index contributed by atoms with van der Waals surface area (Å²) in [5, 5.41) is 8.57. The van der Waals surface area contributed by atoms with Crippen LogP contribution in [0.5, 0.6) is 0 Å². The van der Waals surface area contributed by atoms with Crippen LogP contribution >= 0.6 is 11.6 Å². The van der Waals surface area contributed by atoms with Crippen LogP contribution < -0.4 is 4.72 Å². The Kier molecular flexibility index (Phi) is 4.59. The van der Waals surface area contributed by atoms with Gasteiger partial charge in [0.15, 0.2) is 0 Å². The second-order valence-corrected chi connectivity index (χ2v) is 5.37. The molecule has 86 valence electrons. The highest BCUT2D eigenvalue weighted by molar-refractivity contribution is 7.92. The van der Waals surface area contributed by atoms with Crippen LogP contribution in [0.25, 0.3) is 0 Å². The van der Waals surface area contributed by atoms with E-state index < -0.39 is 10.0 Å². The van der Waals surface area contributed by atoms with Gasteiger partial charge in [0.2, 0.25) is 10.0 Å². The summed E-state index contributed by atoms with van der Waals surface area (Å²) in [5.41, 5.74) is 0.942. The normalized spacial score (nSPS) is 10.8. The number of halogens is 1. The number of sulfonamides is 1. The predicted octanol–water partition coefficient (Wildman–Crippen LogP) is 1.93. The fourth-order valence-corrected chi connectivity index (χ4v) is 2.50. The van der Waals surface area contributed by atoms with Crippen molar-refractivity contribution in [2.24, 2.45) is 0 Å². The van der Waals surface area contributed by atoms with Crippen molar-refractivity contribution in [2.75, 3.05) is 16.4 Å². The zero-order valence-electron chi connectivity index (χ0n) is 8.48. The van der Waals surface area contributed by atoms with Crippen LogP contribution in [0.3, 0.4) is 0 Å². The molecule has 16 heavy (non-hydrogen) atoms. The topological polar surface area (TPSA) is 70.0 Å². The first-order valence-corrected chi connectivity index (χ1v) is 6.83. The Balaban J connectivity index is 2.70. The van der Waals surface area contributed by atoms with Gasteiger partial charge in [-0.15, -0.1) is 11.6 Å². The Morgan fingerprint density at radius 2 is 1.94 bits per heavy atom. The molecular weight excluding hydrogens is 248 g/mol. The molecule has 0 aromatic heterocycles. The van der Waals surface area contributed by atoms with E-state index in [0.29, 0.717) is 23.6 Å². The Morgan fingerprint density at radius 1 is 1.31 bits per heavy atom. The van der Waals surface area contributed by atoms with Crippen LogP contribution in [-0.2, 0) is 10.0 Å². The fraction of sp³-hybridized carbons (Fsp3) is 0.300. The minimum absolute atomic E-state index is 0.00347. The Hall–Kier alpha value is -1.25. The summed E-state index contributed by atoms with van der Waals surface area (Å²) >= 11 is 5.42. The molecule has 1 rings (SSSR count). The molecule has 4 nitrogen and oxygen atoms in total. The largest absolute Gasteiger partial charge is 0.284 e. The molecule has 0 bridgehead atoms. The molecule has 1 N–H and O–H groups in total. The van der Waals surface area contributed by atoms with Gasteiger partial charge in [0.1, 0.15) is 0 Å². The van der Waals surface area contributed by atoms with Crippen LogP contribution in [0.1, 0.15) is 12.0 Å². The third kappa shape index (κ3) is 4.09. The molecular formula is C10H11ClN2O2S. The van der Waals surface area contributed by atoms with Gasteiger partial charge in [0.25, 0.3) is 0 Å². The third-order valence-corrected chi connectivity index (χ3v) is 3.47. The predicted molar refractivity (Wildman–Crippen MR) is 63.9 cm³/mol. The highest BCUT2D eigenvalue weighted by atomic mass is 35.5. The lowest BCUT2D eigenvalue weighted by Crippen LogP contribution is -2.16. The first-order valence-electron chi connectivity index (χ1n) is 4.64. The van der Waals surface area contributed by atoms with Crippen LogP contribution in [0.15, 0.2) is 24.3 Å². The number of rotatable bonds is 5. The van der Waals surface area contributed by atoms with E-state index in [0.717, 1.165) is 0 Å². The SMILES string of the molecule is N#Cc1ccc(NS(=O)(=O)CCCCl)cc1. The number of nitrogens with one attached hydrogen (secondary N) is 1. The van der Waals surface area contributed by atoms with Gasteiger partial charge in [0, 0.05) is 11.6 Å². The van der Waals surface area contributed by atoms with Crippen molar-refractivity contribution in [1.29, 1.82) is 5.26 Å². The number of nitrogens with zero attached hydrogens (tertiary/aromatic N) is 1. The molecule has 0 atom stereocenters. The summed E-state index contributed by atoms with van der Waals surface area (Å²) in [6.07, 6.45) is 0.410. The van der Waals surface area contributed by atoms with Gasteiger partial charge in [0.05, 0.1) is 17.4 Å². The van der Waals surface area contributed by atoms with Gasteiger partial charge >= 0.3 is 0 Å². The van der Waals surface area contributed by atoms with Crippen molar-refractivity contribution in [3.05, 3.63) is 29.8 Å². The van der Waals surface area contributed by atoms with Gasteiger partial charge in [-0.3, -0.25) is 4.72 Å². The molecule has 0 spiro atoms. The number of hydrogen-bond acceptors (Lipinski definition) is 3. The van der Waals surface area contributed by atoms with Crippen LogP contribution in [0.2, 0.25) is 0 Å². The summed E-state index contributed by atoms with van der Waals surface area (Å²) in [7, 11) is -3.33. The van der Waals surface area contributed by atoms with Crippen LogP contribution in [0.4, 0.5) is 5.69 Å². The molecule has 0 aliphatic rings. The molecule has 0 saturated carbocycles. The average Bonchev–Trinajstić information content (AvgIpc) is 2.27. The van der Waals surface area contributed by atoms with Gasteiger partial charge in [-0.2, -0.15) is 5.26 Å². The van der Waals surface area contributed by atoms with Crippen LogP contribution in [0, 0.1) is 11.3 Å². The van der Waals surface area contributed by atoms with E-state index in [1.54, 1.807) is 24.3 Å². The Morgan fingerprint density at radius 3 is 2.44 bits per heavy atom. The lowest BCUT2D eigenvalue weighted by atomic mass is 10.2. The smallest absolute Gasteiger partial charge is 0.232 e. The zero-order valence-corrected chi connectivity index (χ0v) is 10.1. The maximum absolute atomic E-state index is 11.5.